The van der Waals surface area contributed by atoms with Crippen molar-refractivity contribution in [2.45, 2.75) is 110 Å². The number of hydrogen-bond acceptors (Lipinski definition) is 1. The van der Waals surface area contributed by atoms with Gasteiger partial charge in [0.05, 0.1) is 0 Å². The lowest BCUT2D eigenvalue weighted by Gasteiger charge is -2.47. The van der Waals surface area contributed by atoms with Crippen LogP contribution in [0.4, 0.5) is 0 Å². The maximum absolute atomic E-state index is 13.3. The molecule has 4 atom stereocenters. The van der Waals surface area contributed by atoms with Gasteiger partial charge in [-0.1, -0.05) is 172 Å². The minimum atomic E-state index is -1.27. The summed E-state index contributed by atoms with van der Waals surface area (Å²) in [6.45, 7) is 11.7. The number of benzene rings is 4. The van der Waals surface area contributed by atoms with E-state index in [9.17, 15) is 5.11 Å². The Morgan fingerprint density at radius 1 is 0.587 bits per heavy atom. The predicted molar refractivity (Wildman–Crippen MR) is 203 cm³/mol. The van der Waals surface area contributed by atoms with Gasteiger partial charge in [-0.2, -0.15) is 0 Å². The molecule has 244 valence electrons. The summed E-state index contributed by atoms with van der Waals surface area (Å²) in [5, 5.41) is 13.3. The van der Waals surface area contributed by atoms with Crippen molar-refractivity contribution >= 4 is 31.9 Å². The van der Waals surface area contributed by atoms with Crippen LogP contribution in [0, 0.1) is 11.8 Å². The van der Waals surface area contributed by atoms with E-state index < -0.39 is 11.0 Å². The van der Waals surface area contributed by atoms with Crippen LogP contribution in [-0.4, -0.2) is 5.11 Å². The Kier molecular flexibility index (Phi) is 11.7. The SMILES string of the molecule is CCCCC(CC)Cc1cc2c(cc1CC(CC)CCCC)C(O)(c1ccc(Br)cc1)c1ccccc1C2(C)c1ccc(Br)cc1. The van der Waals surface area contributed by atoms with Gasteiger partial charge in [0.25, 0.3) is 0 Å². The van der Waals surface area contributed by atoms with Crippen LogP contribution in [0.15, 0.2) is 93.9 Å². The van der Waals surface area contributed by atoms with E-state index in [1.165, 1.54) is 79.2 Å². The molecule has 1 aliphatic rings. The minimum Gasteiger partial charge on any atom is -0.376 e. The standard InChI is InChI=1S/C43H52Br2O/c1-6-10-14-30(8-3)26-32-28-40-41(29-33(32)27-31(9-4)15-11-7-2)43(46,35-20-24-37(45)25-21-35)39-17-13-12-16-38(39)42(40,5)34-18-22-36(44)23-19-34/h12-13,16-25,28-31,46H,6-11,14-15,26-27H2,1-5H3. The van der Waals surface area contributed by atoms with Gasteiger partial charge < -0.3 is 5.11 Å². The highest BCUT2D eigenvalue weighted by Crippen LogP contribution is 2.55. The molecule has 0 aliphatic heterocycles. The van der Waals surface area contributed by atoms with Crippen LogP contribution >= 0.6 is 31.9 Å². The smallest absolute Gasteiger partial charge is 0.141 e. The van der Waals surface area contributed by atoms with E-state index >= 15 is 0 Å². The molecule has 1 aliphatic carbocycles. The maximum atomic E-state index is 13.3. The van der Waals surface area contributed by atoms with Crippen molar-refractivity contribution < 1.29 is 5.11 Å². The second-order valence-corrected chi connectivity index (χ2v) is 15.6. The van der Waals surface area contributed by atoms with E-state index in [4.69, 9.17) is 0 Å². The number of rotatable bonds is 14. The molecule has 4 unspecified atom stereocenters. The Morgan fingerprint density at radius 3 is 1.52 bits per heavy atom. The molecule has 1 nitrogen and oxygen atoms in total. The van der Waals surface area contributed by atoms with E-state index in [0.29, 0.717) is 11.8 Å². The molecular weight excluding hydrogens is 692 g/mol. The highest BCUT2D eigenvalue weighted by atomic mass is 79.9. The van der Waals surface area contributed by atoms with Crippen molar-refractivity contribution in [1.82, 2.24) is 0 Å². The predicted octanol–water partition coefficient (Wildman–Crippen LogP) is 12.7. The summed E-state index contributed by atoms with van der Waals surface area (Å²) < 4.78 is 2.09. The molecule has 0 radical (unpaired) electrons. The minimum absolute atomic E-state index is 0.432. The lowest BCUT2D eigenvalue weighted by Crippen LogP contribution is -2.43. The molecule has 0 heterocycles. The summed E-state index contributed by atoms with van der Waals surface area (Å²) in [6.07, 6.45) is 12.1. The second kappa shape index (κ2) is 15.3. The van der Waals surface area contributed by atoms with E-state index in [-0.39, 0.29) is 0 Å². The van der Waals surface area contributed by atoms with Gasteiger partial charge in [-0.15, -0.1) is 0 Å². The average molecular weight is 745 g/mol. The molecule has 46 heavy (non-hydrogen) atoms. The number of aliphatic hydroxyl groups is 1. The summed E-state index contributed by atoms with van der Waals surface area (Å²) in [6, 6.07) is 30.7. The van der Waals surface area contributed by atoms with Gasteiger partial charge in [-0.3, -0.25) is 0 Å². The van der Waals surface area contributed by atoms with Gasteiger partial charge in [0.2, 0.25) is 0 Å². The zero-order valence-electron chi connectivity index (χ0n) is 28.5. The summed E-state index contributed by atoms with van der Waals surface area (Å²) in [5.74, 6) is 1.30. The Morgan fingerprint density at radius 2 is 1.04 bits per heavy atom. The third-order valence-electron chi connectivity index (χ3n) is 10.9. The maximum Gasteiger partial charge on any atom is 0.141 e. The zero-order valence-corrected chi connectivity index (χ0v) is 31.7. The van der Waals surface area contributed by atoms with Crippen molar-refractivity contribution in [2.24, 2.45) is 11.8 Å². The largest absolute Gasteiger partial charge is 0.376 e. The van der Waals surface area contributed by atoms with E-state index in [0.717, 1.165) is 38.5 Å². The number of halogens is 2. The fourth-order valence-corrected chi connectivity index (χ4v) is 8.44. The molecule has 0 saturated heterocycles. The number of fused-ring (bicyclic) bond motifs is 2. The summed E-state index contributed by atoms with van der Waals surface area (Å²) >= 11 is 7.33. The quantitative estimate of drug-likeness (QED) is 0.136. The number of hydrogen-bond donors (Lipinski definition) is 1. The molecule has 0 amide bonds. The van der Waals surface area contributed by atoms with Crippen molar-refractivity contribution in [1.29, 1.82) is 0 Å². The highest BCUT2D eigenvalue weighted by Gasteiger charge is 2.49. The molecule has 1 N–H and O–H groups in total. The molecule has 0 spiro atoms. The third-order valence-corrected chi connectivity index (χ3v) is 12.0. The van der Waals surface area contributed by atoms with Crippen LogP contribution in [0.2, 0.25) is 0 Å². The Balaban J connectivity index is 1.83. The van der Waals surface area contributed by atoms with Crippen molar-refractivity contribution in [3.05, 3.63) is 138 Å². The molecule has 0 aromatic heterocycles. The van der Waals surface area contributed by atoms with Crippen LogP contribution in [0.1, 0.15) is 130 Å². The van der Waals surface area contributed by atoms with Crippen LogP contribution in [0.25, 0.3) is 0 Å². The molecule has 4 aromatic rings. The van der Waals surface area contributed by atoms with Gasteiger partial charge in [0.15, 0.2) is 0 Å². The van der Waals surface area contributed by atoms with Crippen molar-refractivity contribution in [3.8, 4) is 0 Å². The normalized spacial score (nSPS) is 20.2. The first-order valence-electron chi connectivity index (χ1n) is 17.7. The molecule has 0 bridgehead atoms. The summed E-state index contributed by atoms with van der Waals surface area (Å²) in [5.41, 5.74) is 7.77. The average Bonchev–Trinajstić information content (AvgIpc) is 3.08. The van der Waals surface area contributed by atoms with E-state index in [1.54, 1.807) is 0 Å². The molecule has 5 rings (SSSR count). The van der Waals surface area contributed by atoms with Crippen molar-refractivity contribution in [2.75, 3.05) is 0 Å². The van der Waals surface area contributed by atoms with Crippen molar-refractivity contribution in [3.63, 3.8) is 0 Å². The first-order valence-corrected chi connectivity index (χ1v) is 19.3. The molecule has 4 aromatic carbocycles. The van der Waals surface area contributed by atoms with Crippen LogP contribution in [-0.2, 0) is 23.9 Å². The fraction of sp³-hybridized carbons (Fsp3) is 0.442. The molecular formula is C43H52Br2O. The monoisotopic (exact) mass is 742 g/mol. The second-order valence-electron chi connectivity index (χ2n) is 13.8. The topological polar surface area (TPSA) is 20.2 Å². The lowest BCUT2D eigenvalue weighted by molar-refractivity contribution is 0.117. The zero-order chi connectivity index (χ0) is 32.9. The highest BCUT2D eigenvalue weighted by molar-refractivity contribution is 9.10. The summed E-state index contributed by atoms with van der Waals surface area (Å²) in [7, 11) is 0. The molecule has 3 heteroatoms. The Labute approximate surface area is 295 Å². The molecule has 0 fully saturated rings. The van der Waals surface area contributed by atoms with Crippen LogP contribution < -0.4 is 0 Å². The first-order chi connectivity index (χ1) is 22.2. The number of unbranched alkanes of at least 4 members (excludes halogenated alkanes) is 2. The first kappa shape index (κ1) is 35.1. The Hall–Kier alpha value is -2.20. The fourth-order valence-electron chi connectivity index (χ4n) is 7.91. The van der Waals surface area contributed by atoms with Gasteiger partial charge in [-0.25, -0.2) is 0 Å². The van der Waals surface area contributed by atoms with E-state index in [2.05, 4.69) is 151 Å². The van der Waals surface area contributed by atoms with Gasteiger partial charge >= 0.3 is 0 Å². The van der Waals surface area contributed by atoms with Crippen LogP contribution in [0.5, 0.6) is 0 Å². The van der Waals surface area contributed by atoms with Crippen LogP contribution in [0.3, 0.4) is 0 Å². The van der Waals surface area contributed by atoms with Gasteiger partial charge in [0.1, 0.15) is 5.60 Å². The third kappa shape index (κ3) is 6.85. The summed E-state index contributed by atoms with van der Waals surface area (Å²) in [4.78, 5) is 0. The lowest BCUT2D eigenvalue weighted by atomic mass is 9.58. The van der Waals surface area contributed by atoms with Gasteiger partial charge in [0, 0.05) is 14.4 Å². The Bertz CT molecular complexity index is 1470. The van der Waals surface area contributed by atoms with Gasteiger partial charge in [-0.05, 0) is 100 Å². The molecule has 0 saturated carbocycles. The van der Waals surface area contributed by atoms with E-state index in [1.807, 2.05) is 0 Å².